The van der Waals surface area contributed by atoms with Crippen molar-refractivity contribution in [1.29, 1.82) is 0 Å². The topological polar surface area (TPSA) is 93.2 Å². The van der Waals surface area contributed by atoms with E-state index in [1.165, 1.54) is 11.3 Å². The van der Waals surface area contributed by atoms with E-state index in [4.69, 9.17) is 14.2 Å². The number of nitrogens with zero attached hydrogens (tertiary/aromatic N) is 3. The Morgan fingerprint density at radius 1 is 1.00 bits per heavy atom. The summed E-state index contributed by atoms with van der Waals surface area (Å²) in [5.41, 5.74) is 2.07. The van der Waals surface area contributed by atoms with Gasteiger partial charge in [-0.2, -0.15) is 0 Å². The summed E-state index contributed by atoms with van der Waals surface area (Å²) in [4.78, 5) is 33.8. The van der Waals surface area contributed by atoms with Crippen molar-refractivity contribution < 1.29 is 23.8 Å². The van der Waals surface area contributed by atoms with E-state index in [2.05, 4.69) is 10.3 Å². The minimum atomic E-state index is -0.240. The van der Waals surface area contributed by atoms with Crippen LogP contribution in [-0.4, -0.2) is 67.7 Å². The molecular formula is C27H34N4O5S. The fourth-order valence-electron chi connectivity index (χ4n) is 3.62. The molecular weight excluding hydrogens is 492 g/mol. The number of benzene rings is 2. The molecule has 2 aromatic carbocycles. The van der Waals surface area contributed by atoms with E-state index in [0.29, 0.717) is 53.1 Å². The molecule has 0 saturated carbocycles. The molecule has 1 heterocycles. The van der Waals surface area contributed by atoms with Crippen LogP contribution in [0.15, 0.2) is 47.8 Å². The molecule has 9 nitrogen and oxygen atoms in total. The van der Waals surface area contributed by atoms with Gasteiger partial charge in [-0.1, -0.05) is 6.07 Å². The number of urea groups is 1. The van der Waals surface area contributed by atoms with E-state index in [9.17, 15) is 9.59 Å². The predicted molar refractivity (Wildman–Crippen MR) is 145 cm³/mol. The van der Waals surface area contributed by atoms with Crippen molar-refractivity contribution in [2.45, 2.75) is 32.9 Å². The first kappa shape index (κ1) is 27.8. The first-order valence-electron chi connectivity index (χ1n) is 11.9. The minimum Gasteiger partial charge on any atom is -0.497 e. The van der Waals surface area contributed by atoms with Gasteiger partial charge in [0.05, 0.1) is 27.9 Å². The Kier molecular flexibility index (Phi) is 9.73. The molecule has 0 aliphatic heterocycles. The summed E-state index contributed by atoms with van der Waals surface area (Å²) in [7, 11) is 6.54. The zero-order chi connectivity index (χ0) is 26.9. The summed E-state index contributed by atoms with van der Waals surface area (Å²) in [6.07, 6.45) is 0.659. The van der Waals surface area contributed by atoms with Crippen molar-refractivity contribution in [2.75, 3.05) is 40.2 Å². The fraction of sp³-hybridized carbons (Fsp3) is 0.370. The standard InChI is InChI=1S/C27H34N4O5S/c1-18(2)31(27(33)28-20-8-10-21(34-4)11-9-20)16-25-29-22(17-37-25)26(32)30(3)14-13-19-7-12-23(35-5)24(15-19)36-6/h7-12,15,17-18H,13-14,16H2,1-6H3,(H,28,33). The molecule has 3 rings (SSSR count). The zero-order valence-corrected chi connectivity index (χ0v) is 22.9. The van der Waals surface area contributed by atoms with Crippen molar-refractivity contribution in [3.05, 3.63) is 64.1 Å². The van der Waals surface area contributed by atoms with E-state index in [-0.39, 0.29) is 18.0 Å². The van der Waals surface area contributed by atoms with Crippen LogP contribution in [-0.2, 0) is 13.0 Å². The van der Waals surface area contributed by atoms with Crippen molar-refractivity contribution in [1.82, 2.24) is 14.8 Å². The van der Waals surface area contributed by atoms with Crippen LogP contribution in [0.1, 0.15) is 34.9 Å². The van der Waals surface area contributed by atoms with Gasteiger partial charge in [0, 0.05) is 30.7 Å². The average Bonchev–Trinajstić information content (AvgIpc) is 3.38. The molecule has 0 unspecified atom stereocenters. The zero-order valence-electron chi connectivity index (χ0n) is 22.1. The van der Waals surface area contributed by atoms with Gasteiger partial charge in [0.1, 0.15) is 16.5 Å². The molecule has 10 heteroatoms. The summed E-state index contributed by atoms with van der Waals surface area (Å²) < 4.78 is 15.8. The van der Waals surface area contributed by atoms with E-state index in [1.54, 1.807) is 67.8 Å². The highest BCUT2D eigenvalue weighted by Gasteiger charge is 2.21. The van der Waals surface area contributed by atoms with Crippen molar-refractivity contribution >= 4 is 29.0 Å². The molecule has 0 atom stereocenters. The van der Waals surface area contributed by atoms with Gasteiger partial charge in [0.2, 0.25) is 0 Å². The van der Waals surface area contributed by atoms with Gasteiger partial charge in [-0.25, -0.2) is 9.78 Å². The molecule has 0 aliphatic carbocycles. The van der Waals surface area contributed by atoms with Crippen LogP contribution >= 0.6 is 11.3 Å². The summed E-state index contributed by atoms with van der Waals surface area (Å²) in [5.74, 6) is 1.87. The number of hydrogen-bond acceptors (Lipinski definition) is 7. The van der Waals surface area contributed by atoms with E-state index in [0.717, 1.165) is 5.56 Å². The average molecular weight is 527 g/mol. The predicted octanol–water partition coefficient (Wildman–Crippen LogP) is 4.93. The Hall–Kier alpha value is -3.79. The fourth-order valence-corrected chi connectivity index (χ4v) is 4.38. The maximum Gasteiger partial charge on any atom is 0.322 e. The quantitative estimate of drug-likeness (QED) is 0.381. The number of ether oxygens (including phenoxy) is 3. The van der Waals surface area contributed by atoms with E-state index < -0.39 is 0 Å². The van der Waals surface area contributed by atoms with Gasteiger partial charge in [-0.15, -0.1) is 11.3 Å². The molecule has 0 aliphatic rings. The Labute approximate surface area is 222 Å². The van der Waals surface area contributed by atoms with Crippen molar-refractivity contribution in [3.63, 3.8) is 0 Å². The number of nitrogens with one attached hydrogen (secondary N) is 1. The third-order valence-corrected chi connectivity index (χ3v) is 6.67. The summed E-state index contributed by atoms with van der Waals surface area (Å²) >= 11 is 1.37. The van der Waals surface area contributed by atoms with Gasteiger partial charge in [-0.3, -0.25) is 4.79 Å². The number of anilines is 1. The Morgan fingerprint density at radius 3 is 2.32 bits per heavy atom. The molecule has 0 saturated heterocycles. The molecule has 0 radical (unpaired) electrons. The van der Waals surface area contributed by atoms with Gasteiger partial charge < -0.3 is 29.3 Å². The van der Waals surface area contributed by atoms with Crippen LogP contribution in [0.2, 0.25) is 0 Å². The highest BCUT2D eigenvalue weighted by atomic mass is 32.1. The summed E-state index contributed by atoms with van der Waals surface area (Å²) in [6.45, 7) is 4.70. The SMILES string of the molecule is COc1ccc(NC(=O)N(Cc2nc(C(=O)N(C)CCc3ccc(OC)c(OC)c3)cs2)C(C)C)cc1. The van der Waals surface area contributed by atoms with Crippen molar-refractivity contribution in [2.24, 2.45) is 0 Å². The van der Waals surface area contributed by atoms with Crippen LogP contribution in [0, 0.1) is 0 Å². The van der Waals surface area contributed by atoms with Gasteiger partial charge in [0.25, 0.3) is 5.91 Å². The lowest BCUT2D eigenvalue weighted by atomic mass is 10.1. The highest BCUT2D eigenvalue weighted by molar-refractivity contribution is 7.09. The minimum absolute atomic E-state index is 0.0644. The molecule has 3 aromatic rings. The Balaban J connectivity index is 1.60. The first-order valence-corrected chi connectivity index (χ1v) is 12.8. The van der Waals surface area contributed by atoms with Crippen molar-refractivity contribution in [3.8, 4) is 17.2 Å². The van der Waals surface area contributed by atoms with Crippen LogP contribution in [0.5, 0.6) is 17.2 Å². The number of amides is 3. The van der Waals surface area contributed by atoms with E-state index in [1.807, 2.05) is 32.0 Å². The number of thiazole rings is 1. The van der Waals surface area contributed by atoms with Crippen LogP contribution < -0.4 is 19.5 Å². The highest BCUT2D eigenvalue weighted by Crippen LogP contribution is 2.28. The number of aromatic nitrogens is 1. The maximum atomic E-state index is 13.0. The van der Waals surface area contributed by atoms with Crippen LogP contribution in [0.4, 0.5) is 10.5 Å². The molecule has 0 fully saturated rings. The maximum absolute atomic E-state index is 13.0. The van der Waals surface area contributed by atoms with E-state index >= 15 is 0 Å². The lowest BCUT2D eigenvalue weighted by Gasteiger charge is -2.26. The molecule has 0 bridgehead atoms. The number of rotatable bonds is 11. The molecule has 1 aromatic heterocycles. The number of carbonyl (C=O) groups excluding carboxylic acids is 2. The second-order valence-electron chi connectivity index (χ2n) is 8.67. The lowest BCUT2D eigenvalue weighted by Crippen LogP contribution is -2.39. The Bertz CT molecular complexity index is 1200. The lowest BCUT2D eigenvalue weighted by molar-refractivity contribution is 0.0791. The number of likely N-dealkylation sites (N-methyl/N-ethyl adjacent to an activating group) is 1. The number of hydrogen-bond donors (Lipinski definition) is 1. The number of carbonyl (C=O) groups is 2. The largest absolute Gasteiger partial charge is 0.497 e. The molecule has 0 spiro atoms. The second-order valence-corrected chi connectivity index (χ2v) is 9.62. The molecule has 198 valence electrons. The smallest absolute Gasteiger partial charge is 0.322 e. The third kappa shape index (κ3) is 7.36. The summed E-state index contributed by atoms with van der Waals surface area (Å²) in [5, 5.41) is 5.34. The second kappa shape index (κ2) is 13.0. The summed E-state index contributed by atoms with van der Waals surface area (Å²) in [6, 6.07) is 12.6. The molecule has 37 heavy (non-hydrogen) atoms. The van der Waals surface area contributed by atoms with Gasteiger partial charge in [-0.05, 0) is 62.2 Å². The monoisotopic (exact) mass is 526 g/mol. The molecule has 3 amide bonds. The van der Waals surface area contributed by atoms with Crippen LogP contribution in [0.25, 0.3) is 0 Å². The molecule has 1 N–H and O–H groups in total. The Morgan fingerprint density at radius 2 is 1.70 bits per heavy atom. The normalized spacial score (nSPS) is 10.7. The number of methoxy groups -OCH3 is 3. The first-order chi connectivity index (χ1) is 17.7. The van der Waals surface area contributed by atoms with Gasteiger partial charge >= 0.3 is 6.03 Å². The van der Waals surface area contributed by atoms with Gasteiger partial charge in [0.15, 0.2) is 11.5 Å². The third-order valence-electron chi connectivity index (χ3n) is 5.83. The van der Waals surface area contributed by atoms with Crippen LogP contribution in [0.3, 0.4) is 0 Å².